The minimum Gasteiger partial charge on any atom is -0.394 e. The summed E-state index contributed by atoms with van der Waals surface area (Å²) in [6.07, 6.45) is 48.6. The number of carbonyl (C=O) groups excluding carboxylic acids is 1. The Balaban J connectivity index is 1.37. The van der Waals surface area contributed by atoms with E-state index in [0.29, 0.717) is 12.8 Å². The maximum atomic E-state index is 13.5. The Bertz CT molecular complexity index is 1930. The molecular weight excluding hydrogens is 1260 g/mol. The van der Waals surface area contributed by atoms with Crippen molar-refractivity contribution in [2.45, 2.75) is 439 Å². The summed E-state index contributed by atoms with van der Waals surface area (Å²) in [5.41, 5.74) is 0. The van der Waals surface area contributed by atoms with Gasteiger partial charge in [0.2, 0.25) is 5.91 Å². The summed E-state index contributed by atoms with van der Waals surface area (Å²) in [7, 11) is 0. The van der Waals surface area contributed by atoms with Crippen molar-refractivity contribution in [1.29, 1.82) is 0 Å². The number of aliphatic hydroxyl groups is 11. The van der Waals surface area contributed by atoms with Gasteiger partial charge in [0, 0.05) is 6.42 Å². The molecule has 99 heavy (non-hydrogen) atoms. The predicted octanol–water partition coefficient (Wildman–Crippen LogP) is 13.5. The zero-order valence-electron chi connectivity index (χ0n) is 62.2. The van der Waals surface area contributed by atoms with Crippen LogP contribution in [-0.2, 0) is 33.2 Å². The molecule has 0 spiro atoms. The fraction of sp³-hybridized carbons (Fsp3) is 0.912. The monoisotopic (exact) mass is 1410 g/mol. The third-order valence-corrected chi connectivity index (χ3v) is 20.4. The van der Waals surface area contributed by atoms with Crippen molar-refractivity contribution in [3.8, 4) is 0 Å². The van der Waals surface area contributed by atoms with E-state index in [1.807, 2.05) is 6.08 Å². The predicted molar refractivity (Wildman–Crippen MR) is 393 cm³/mol. The molecule has 582 valence electrons. The van der Waals surface area contributed by atoms with Gasteiger partial charge >= 0.3 is 0 Å². The standard InChI is InChI=1S/C80H149NO18/c1-3-5-7-9-11-13-15-17-19-21-23-25-27-28-29-30-31-32-33-34-35-36-38-40-42-44-46-48-50-52-54-56-58-68(86)81-63(64(85)57-55-53-51-49-47-45-43-41-39-37-26-24-22-20-18-16-14-12-10-8-6-4-2)62-94-78-74(92)71(89)76(66(60-83)96-78)99-80-75(93)72(90)77(67(61-84)97-80)98-79-73(91)70(88)69(87)65(59-82)95-79/h39,41,47,49,55,57,63-67,69-80,82-85,87-93H,3-38,40,42-46,48,50-54,56,58-62H2,1-2H3,(H,81,86)/b41-39+,49-47+,57-55+. The molecule has 0 radical (unpaired) electrons. The molecule has 0 aliphatic carbocycles. The number of rotatable bonds is 65. The molecule has 0 aromatic rings. The maximum Gasteiger partial charge on any atom is 0.220 e. The average molecular weight is 1410 g/mol. The Morgan fingerprint density at radius 1 is 0.354 bits per heavy atom. The van der Waals surface area contributed by atoms with Crippen molar-refractivity contribution in [2.24, 2.45) is 0 Å². The van der Waals surface area contributed by atoms with Crippen molar-refractivity contribution in [2.75, 3.05) is 26.4 Å². The Hall–Kier alpha value is -1.99. The van der Waals surface area contributed by atoms with Gasteiger partial charge in [-0.15, -0.1) is 0 Å². The number of unbranched alkanes of at least 4 members (excludes halogenated alkanes) is 45. The van der Waals surface area contributed by atoms with Crippen molar-refractivity contribution >= 4 is 5.91 Å². The van der Waals surface area contributed by atoms with Gasteiger partial charge in [-0.2, -0.15) is 0 Å². The first-order valence-electron chi connectivity index (χ1n) is 40.7. The number of hydrogen-bond acceptors (Lipinski definition) is 18. The van der Waals surface area contributed by atoms with Crippen LogP contribution in [0.4, 0.5) is 0 Å². The summed E-state index contributed by atoms with van der Waals surface area (Å²) in [5.74, 6) is -0.283. The van der Waals surface area contributed by atoms with Gasteiger partial charge in [0.1, 0.15) is 73.2 Å². The van der Waals surface area contributed by atoms with Crippen LogP contribution in [0.1, 0.15) is 335 Å². The molecule has 0 bridgehead atoms. The Morgan fingerprint density at radius 2 is 0.646 bits per heavy atom. The quantitative estimate of drug-likeness (QED) is 0.0199. The molecule has 17 unspecified atom stereocenters. The van der Waals surface area contributed by atoms with Gasteiger partial charge in [-0.1, -0.05) is 320 Å². The minimum absolute atomic E-state index is 0.236. The third-order valence-electron chi connectivity index (χ3n) is 20.4. The van der Waals surface area contributed by atoms with Gasteiger partial charge < -0.3 is 89.9 Å². The average Bonchev–Trinajstić information content (AvgIpc) is 0.782. The molecule has 19 nitrogen and oxygen atoms in total. The maximum absolute atomic E-state index is 13.5. The van der Waals surface area contributed by atoms with Gasteiger partial charge in [0.25, 0.3) is 0 Å². The Kier molecular flexibility index (Phi) is 56.4. The van der Waals surface area contributed by atoms with Crippen LogP contribution >= 0.6 is 0 Å². The van der Waals surface area contributed by atoms with Gasteiger partial charge in [-0.25, -0.2) is 0 Å². The zero-order valence-corrected chi connectivity index (χ0v) is 62.2. The third kappa shape index (κ3) is 41.5. The molecule has 17 atom stereocenters. The van der Waals surface area contributed by atoms with Crippen LogP contribution in [0, 0.1) is 0 Å². The van der Waals surface area contributed by atoms with E-state index >= 15 is 0 Å². The summed E-state index contributed by atoms with van der Waals surface area (Å²) < 4.78 is 34.4. The summed E-state index contributed by atoms with van der Waals surface area (Å²) in [5, 5.41) is 121. The first-order valence-corrected chi connectivity index (χ1v) is 40.7. The largest absolute Gasteiger partial charge is 0.394 e. The fourth-order valence-corrected chi connectivity index (χ4v) is 13.9. The first kappa shape index (κ1) is 91.2. The molecule has 3 heterocycles. The van der Waals surface area contributed by atoms with Crippen molar-refractivity contribution in [3.05, 3.63) is 36.5 Å². The molecule has 0 aromatic carbocycles. The topological polar surface area (TPSA) is 307 Å². The molecule has 3 aliphatic rings. The van der Waals surface area contributed by atoms with E-state index in [-0.39, 0.29) is 18.9 Å². The van der Waals surface area contributed by atoms with Gasteiger partial charge in [0.15, 0.2) is 18.9 Å². The van der Waals surface area contributed by atoms with Gasteiger partial charge in [-0.05, 0) is 44.9 Å². The molecule has 3 fully saturated rings. The minimum atomic E-state index is -1.98. The lowest BCUT2D eigenvalue weighted by Crippen LogP contribution is -2.66. The molecule has 12 N–H and O–H groups in total. The smallest absolute Gasteiger partial charge is 0.220 e. The molecule has 0 saturated carbocycles. The van der Waals surface area contributed by atoms with Crippen LogP contribution in [0.5, 0.6) is 0 Å². The number of ether oxygens (including phenoxy) is 6. The lowest BCUT2D eigenvalue weighted by molar-refractivity contribution is -0.379. The Morgan fingerprint density at radius 3 is 1.01 bits per heavy atom. The second-order valence-electron chi connectivity index (χ2n) is 29.2. The van der Waals surface area contributed by atoms with Crippen LogP contribution in [0.15, 0.2) is 36.5 Å². The van der Waals surface area contributed by atoms with Crippen LogP contribution in [0.3, 0.4) is 0 Å². The molecule has 3 rings (SSSR count). The molecular formula is C80H149NO18. The van der Waals surface area contributed by atoms with Gasteiger partial charge in [-0.3, -0.25) is 4.79 Å². The summed E-state index contributed by atoms with van der Waals surface area (Å²) in [6, 6.07) is -0.996. The van der Waals surface area contributed by atoms with E-state index in [4.69, 9.17) is 28.4 Å². The number of allylic oxidation sites excluding steroid dienone is 5. The second kappa shape index (κ2) is 61.2. The number of hydrogen-bond donors (Lipinski definition) is 12. The van der Waals surface area contributed by atoms with E-state index in [1.165, 1.54) is 257 Å². The lowest BCUT2D eigenvalue weighted by Gasteiger charge is -2.48. The van der Waals surface area contributed by atoms with Crippen molar-refractivity contribution in [3.63, 3.8) is 0 Å². The molecule has 1 amide bonds. The van der Waals surface area contributed by atoms with E-state index < -0.39 is 124 Å². The van der Waals surface area contributed by atoms with Crippen molar-refractivity contribution in [1.82, 2.24) is 5.32 Å². The van der Waals surface area contributed by atoms with Crippen LogP contribution in [0.25, 0.3) is 0 Å². The van der Waals surface area contributed by atoms with E-state index in [0.717, 1.165) is 44.9 Å². The van der Waals surface area contributed by atoms with Crippen LogP contribution in [-0.4, -0.2) is 193 Å². The van der Waals surface area contributed by atoms with Crippen LogP contribution < -0.4 is 5.32 Å². The second-order valence-corrected chi connectivity index (χ2v) is 29.2. The highest BCUT2D eigenvalue weighted by molar-refractivity contribution is 5.76. The molecule has 3 saturated heterocycles. The zero-order chi connectivity index (χ0) is 71.8. The highest BCUT2D eigenvalue weighted by Gasteiger charge is 2.54. The lowest BCUT2D eigenvalue weighted by atomic mass is 9.96. The van der Waals surface area contributed by atoms with E-state index in [2.05, 4.69) is 43.5 Å². The Labute approximate surface area is 600 Å². The van der Waals surface area contributed by atoms with Crippen molar-refractivity contribution < 1.29 is 89.4 Å². The molecule has 19 heteroatoms. The van der Waals surface area contributed by atoms with E-state index in [1.54, 1.807) is 6.08 Å². The summed E-state index contributed by atoms with van der Waals surface area (Å²) >= 11 is 0. The summed E-state index contributed by atoms with van der Waals surface area (Å²) in [6.45, 7) is 1.76. The van der Waals surface area contributed by atoms with Gasteiger partial charge in [0.05, 0.1) is 38.6 Å². The highest BCUT2D eigenvalue weighted by atomic mass is 16.8. The fourth-order valence-electron chi connectivity index (χ4n) is 13.9. The first-order chi connectivity index (χ1) is 48.3. The number of nitrogens with one attached hydrogen (secondary N) is 1. The SMILES string of the molecule is CCCCCCCCCCCCCC/C=C/CC/C=C/CC/C=C/C(O)C(COC1OC(CO)C(OC2OC(CO)C(OC3OC(CO)C(O)C(O)C3O)C(O)C2O)C(O)C1O)NC(=O)CCCCCCCCCCCCCCCCCCCCCCCCCCCCCCCCCC. The molecule has 3 aliphatic heterocycles. The number of carbonyl (C=O) groups is 1. The normalized spacial score (nSPS) is 26.7. The van der Waals surface area contributed by atoms with E-state index in [9.17, 15) is 61.0 Å². The van der Waals surface area contributed by atoms with Crippen LogP contribution in [0.2, 0.25) is 0 Å². The summed E-state index contributed by atoms with van der Waals surface area (Å²) in [4.78, 5) is 13.5. The molecule has 0 aromatic heterocycles. The number of amides is 1. The number of aliphatic hydroxyl groups excluding tert-OH is 11. The highest BCUT2D eigenvalue weighted by Crippen LogP contribution is 2.33.